The summed E-state index contributed by atoms with van der Waals surface area (Å²) >= 11 is 1.30. The Balaban J connectivity index is 1.21. The summed E-state index contributed by atoms with van der Waals surface area (Å²) in [7, 11) is 0. The molecule has 164 valence electrons. The Morgan fingerprint density at radius 2 is 1.87 bits per heavy atom. The van der Waals surface area contributed by atoms with Crippen molar-refractivity contribution in [3.8, 4) is 5.88 Å². The second-order valence-corrected chi connectivity index (χ2v) is 8.79. The zero-order valence-electron chi connectivity index (χ0n) is 17.6. The van der Waals surface area contributed by atoms with Crippen molar-refractivity contribution in [3.05, 3.63) is 18.2 Å². The first-order valence-corrected chi connectivity index (χ1v) is 11.4. The number of nitrogens with two attached hydrogens (primary N) is 1. The van der Waals surface area contributed by atoms with Crippen LogP contribution in [0.3, 0.4) is 0 Å². The van der Waals surface area contributed by atoms with Crippen LogP contribution in [-0.4, -0.2) is 70.3 Å². The van der Waals surface area contributed by atoms with Gasteiger partial charge in [0, 0.05) is 57.3 Å². The van der Waals surface area contributed by atoms with E-state index in [0.29, 0.717) is 24.4 Å². The second kappa shape index (κ2) is 9.80. The number of aromatic nitrogens is 4. The summed E-state index contributed by atoms with van der Waals surface area (Å²) in [6.07, 6.45) is 5.56. The fourth-order valence-corrected chi connectivity index (χ4v) is 4.03. The predicted octanol–water partition coefficient (Wildman–Crippen LogP) is 1.92. The van der Waals surface area contributed by atoms with E-state index in [0.717, 1.165) is 63.8 Å². The third-order valence-electron chi connectivity index (χ3n) is 5.63. The lowest BCUT2D eigenvalue weighted by Gasteiger charge is -2.33. The molecule has 0 amide bonds. The SMILES string of the molecule is CC(C)c1noc(N2CCC(COc3cnc(N4CCN(SN)CC4)cn3)CC2)n1. The van der Waals surface area contributed by atoms with Crippen LogP contribution in [0, 0.1) is 5.92 Å². The fraction of sp³-hybridized carbons (Fsp3) is 0.684. The molecule has 0 aromatic carbocycles. The number of piperidine rings is 1. The Morgan fingerprint density at radius 1 is 1.10 bits per heavy atom. The lowest BCUT2D eigenvalue weighted by molar-refractivity contribution is 0.213. The van der Waals surface area contributed by atoms with Crippen molar-refractivity contribution < 1.29 is 9.26 Å². The Bertz CT molecular complexity index is 786. The first-order chi connectivity index (χ1) is 14.6. The molecule has 0 bridgehead atoms. The van der Waals surface area contributed by atoms with Gasteiger partial charge in [0.2, 0.25) is 5.88 Å². The number of anilines is 2. The highest BCUT2D eigenvalue weighted by atomic mass is 32.2. The molecule has 11 heteroatoms. The van der Waals surface area contributed by atoms with E-state index in [2.05, 4.69) is 48.1 Å². The van der Waals surface area contributed by atoms with E-state index in [-0.39, 0.29) is 5.92 Å². The van der Waals surface area contributed by atoms with E-state index in [1.165, 1.54) is 12.1 Å². The standard InChI is InChI=1S/C19H30N8O2S/c1-14(2)18-23-19(29-24-18)26-5-3-15(4-6-26)13-28-17-12-21-16(11-22-17)25-7-9-27(30-20)10-8-25/h11-12,14-15H,3-10,13,20H2,1-2H3. The Hall–Kier alpha value is -2.11. The lowest BCUT2D eigenvalue weighted by atomic mass is 9.98. The molecule has 0 unspecified atom stereocenters. The smallest absolute Gasteiger partial charge is 0.324 e. The molecule has 4 heterocycles. The fourth-order valence-electron chi connectivity index (χ4n) is 3.65. The molecule has 2 aliphatic heterocycles. The van der Waals surface area contributed by atoms with Gasteiger partial charge in [-0.25, -0.2) is 14.3 Å². The van der Waals surface area contributed by atoms with Crippen LogP contribution in [0.4, 0.5) is 11.8 Å². The quantitative estimate of drug-likeness (QED) is 0.645. The summed E-state index contributed by atoms with van der Waals surface area (Å²) in [5.41, 5.74) is 0. The van der Waals surface area contributed by atoms with Gasteiger partial charge in [0.1, 0.15) is 5.82 Å². The number of rotatable bonds is 7. The Labute approximate surface area is 181 Å². The first-order valence-electron chi connectivity index (χ1n) is 10.5. The first kappa shape index (κ1) is 21.1. The molecule has 2 N–H and O–H groups in total. The van der Waals surface area contributed by atoms with Gasteiger partial charge in [-0.2, -0.15) is 4.98 Å². The zero-order valence-corrected chi connectivity index (χ0v) is 18.4. The maximum atomic E-state index is 5.91. The van der Waals surface area contributed by atoms with E-state index in [1.54, 1.807) is 12.4 Å². The van der Waals surface area contributed by atoms with Crippen LogP contribution in [0.15, 0.2) is 16.9 Å². The van der Waals surface area contributed by atoms with Gasteiger partial charge in [0.05, 0.1) is 19.0 Å². The molecule has 2 aromatic rings. The van der Waals surface area contributed by atoms with Crippen molar-refractivity contribution in [2.24, 2.45) is 11.1 Å². The van der Waals surface area contributed by atoms with Crippen LogP contribution < -0.4 is 19.7 Å². The van der Waals surface area contributed by atoms with Crippen LogP contribution in [0.1, 0.15) is 38.4 Å². The number of hydrogen-bond donors (Lipinski definition) is 1. The van der Waals surface area contributed by atoms with Gasteiger partial charge in [0.25, 0.3) is 0 Å². The Kier molecular flexibility index (Phi) is 6.90. The third-order valence-corrected chi connectivity index (χ3v) is 6.29. The highest BCUT2D eigenvalue weighted by Gasteiger charge is 2.24. The van der Waals surface area contributed by atoms with E-state index >= 15 is 0 Å². The molecule has 30 heavy (non-hydrogen) atoms. The predicted molar refractivity (Wildman–Crippen MR) is 116 cm³/mol. The molecular weight excluding hydrogens is 404 g/mol. The summed E-state index contributed by atoms with van der Waals surface area (Å²) in [4.78, 5) is 17.9. The van der Waals surface area contributed by atoms with Crippen molar-refractivity contribution >= 4 is 24.0 Å². The molecular formula is C19H30N8O2S. The average Bonchev–Trinajstić information content (AvgIpc) is 3.29. The summed E-state index contributed by atoms with van der Waals surface area (Å²) in [6.45, 7) is 10.2. The maximum Gasteiger partial charge on any atom is 0.324 e. The third kappa shape index (κ3) is 5.13. The van der Waals surface area contributed by atoms with Crippen molar-refractivity contribution in [3.63, 3.8) is 0 Å². The average molecular weight is 435 g/mol. The Morgan fingerprint density at radius 3 is 2.47 bits per heavy atom. The minimum atomic E-state index is 0.274. The summed E-state index contributed by atoms with van der Waals surface area (Å²) in [5.74, 6) is 2.98. The molecule has 2 aromatic heterocycles. The zero-order chi connectivity index (χ0) is 20.9. The summed E-state index contributed by atoms with van der Waals surface area (Å²) < 4.78 is 13.5. The van der Waals surface area contributed by atoms with Gasteiger partial charge >= 0.3 is 6.01 Å². The van der Waals surface area contributed by atoms with Crippen LogP contribution in [-0.2, 0) is 0 Å². The monoisotopic (exact) mass is 434 g/mol. The molecule has 2 fully saturated rings. The van der Waals surface area contributed by atoms with Crippen molar-refractivity contribution in [1.29, 1.82) is 0 Å². The largest absolute Gasteiger partial charge is 0.476 e. The van der Waals surface area contributed by atoms with Crippen LogP contribution >= 0.6 is 12.1 Å². The number of nitrogens with zero attached hydrogens (tertiary/aromatic N) is 7. The van der Waals surface area contributed by atoms with Crippen molar-refractivity contribution in [2.45, 2.75) is 32.6 Å². The highest BCUT2D eigenvalue weighted by molar-refractivity contribution is 7.94. The van der Waals surface area contributed by atoms with Gasteiger partial charge in [-0.1, -0.05) is 19.0 Å². The molecule has 0 saturated carbocycles. The van der Waals surface area contributed by atoms with Crippen LogP contribution in [0.25, 0.3) is 0 Å². The molecule has 0 atom stereocenters. The number of piperazine rings is 1. The van der Waals surface area contributed by atoms with E-state index in [1.807, 2.05) is 0 Å². The number of hydrogen-bond acceptors (Lipinski definition) is 11. The number of ether oxygens (including phenoxy) is 1. The molecule has 0 spiro atoms. The van der Waals surface area contributed by atoms with Gasteiger partial charge in [-0.05, 0) is 18.8 Å². The minimum Gasteiger partial charge on any atom is -0.476 e. The van der Waals surface area contributed by atoms with Crippen LogP contribution in [0.5, 0.6) is 5.88 Å². The van der Waals surface area contributed by atoms with E-state index in [4.69, 9.17) is 14.4 Å². The minimum absolute atomic E-state index is 0.274. The second-order valence-electron chi connectivity index (χ2n) is 8.07. The van der Waals surface area contributed by atoms with E-state index in [9.17, 15) is 0 Å². The van der Waals surface area contributed by atoms with Crippen molar-refractivity contribution in [1.82, 2.24) is 24.4 Å². The van der Waals surface area contributed by atoms with Gasteiger partial charge in [-0.3, -0.25) is 5.14 Å². The normalized spacial score (nSPS) is 18.9. The summed E-state index contributed by atoms with van der Waals surface area (Å²) in [6, 6.07) is 0.630. The highest BCUT2D eigenvalue weighted by Crippen LogP contribution is 2.24. The maximum absolute atomic E-state index is 5.91. The molecule has 0 radical (unpaired) electrons. The molecule has 4 rings (SSSR count). The van der Waals surface area contributed by atoms with Crippen molar-refractivity contribution in [2.75, 3.05) is 55.7 Å². The van der Waals surface area contributed by atoms with Gasteiger partial charge in [-0.15, -0.1) is 0 Å². The summed E-state index contributed by atoms with van der Waals surface area (Å²) in [5, 5.41) is 9.67. The lowest BCUT2D eigenvalue weighted by Crippen LogP contribution is -2.44. The molecule has 2 saturated heterocycles. The molecule has 0 aliphatic carbocycles. The van der Waals surface area contributed by atoms with Gasteiger partial charge < -0.3 is 19.1 Å². The van der Waals surface area contributed by atoms with Gasteiger partial charge in [0.15, 0.2) is 5.82 Å². The van der Waals surface area contributed by atoms with E-state index < -0.39 is 0 Å². The van der Waals surface area contributed by atoms with Crippen LogP contribution in [0.2, 0.25) is 0 Å². The topological polar surface area (TPSA) is 110 Å². The molecule has 2 aliphatic rings. The molecule has 10 nitrogen and oxygen atoms in total.